The van der Waals surface area contributed by atoms with Gasteiger partial charge in [0.15, 0.2) is 0 Å². The van der Waals surface area contributed by atoms with Crippen molar-refractivity contribution in [2.45, 2.75) is 44.7 Å². The molecule has 4 rings (SSSR count). The molecular weight excluding hydrogens is 617 g/mol. The number of anilines is 1. The molecule has 0 aromatic heterocycles. The highest BCUT2D eigenvalue weighted by atomic mass is 35.5. The predicted molar refractivity (Wildman–Crippen MR) is 177 cm³/mol. The van der Waals surface area contributed by atoms with Gasteiger partial charge in [-0.2, -0.15) is 0 Å². The van der Waals surface area contributed by atoms with Crippen molar-refractivity contribution in [3.8, 4) is 0 Å². The Hall–Kier alpha value is -3.85. The Balaban J connectivity index is 1.81. The minimum Gasteiger partial charge on any atom is -0.355 e. The SMILES string of the molecule is CCNC(=O)C(Cc1ccccc1)N(Cc1cccc(Cl)c1)C(=O)CN(c1ccc(C)c(Cl)c1)S(=O)(=O)c1ccc(C)cc1. The maximum absolute atomic E-state index is 14.4. The van der Waals surface area contributed by atoms with Crippen LogP contribution in [0, 0.1) is 13.8 Å². The van der Waals surface area contributed by atoms with Crippen LogP contribution in [0.3, 0.4) is 0 Å². The molecule has 44 heavy (non-hydrogen) atoms. The molecule has 0 aliphatic rings. The first kappa shape index (κ1) is 33.1. The van der Waals surface area contributed by atoms with Gasteiger partial charge in [-0.3, -0.25) is 13.9 Å². The summed E-state index contributed by atoms with van der Waals surface area (Å²) >= 11 is 12.7. The molecule has 4 aromatic rings. The van der Waals surface area contributed by atoms with E-state index >= 15 is 0 Å². The largest absolute Gasteiger partial charge is 0.355 e. The van der Waals surface area contributed by atoms with Gasteiger partial charge in [-0.1, -0.05) is 89.4 Å². The number of nitrogens with zero attached hydrogens (tertiary/aromatic N) is 2. The zero-order valence-corrected chi connectivity index (χ0v) is 27.2. The Morgan fingerprint density at radius 3 is 2.16 bits per heavy atom. The monoisotopic (exact) mass is 651 g/mol. The number of carbonyl (C=O) groups is 2. The lowest BCUT2D eigenvalue weighted by molar-refractivity contribution is -0.140. The highest BCUT2D eigenvalue weighted by molar-refractivity contribution is 7.92. The van der Waals surface area contributed by atoms with Crippen LogP contribution in [0.15, 0.2) is 102 Å². The Morgan fingerprint density at radius 2 is 1.52 bits per heavy atom. The van der Waals surface area contributed by atoms with Crippen molar-refractivity contribution >= 4 is 50.7 Å². The molecule has 0 bridgehead atoms. The molecule has 4 aromatic carbocycles. The summed E-state index contributed by atoms with van der Waals surface area (Å²) in [6.45, 7) is 5.29. The summed E-state index contributed by atoms with van der Waals surface area (Å²) < 4.78 is 29.3. The van der Waals surface area contributed by atoms with E-state index in [9.17, 15) is 18.0 Å². The number of aryl methyl sites for hydroxylation is 2. The fraction of sp³-hybridized carbons (Fsp3) is 0.235. The van der Waals surface area contributed by atoms with Gasteiger partial charge in [-0.25, -0.2) is 8.42 Å². The van der Waals surface area contributed by atoms with E-state index in [2.05, 4.69) is 5.32 Å². The van der Waals surface area contributed by atoms with Crippen LogP contribution >= 0.6 is 23.2 Å². The number of likely N-dealkylation sites (N-methyl/N-ethyl adjacent to an activating group) is 1. The number of amides is 2. The number of rotatable bonds is 12. The lowest BCUT2D eigenvalue weighted by Gasteiger charge is -2.34. The summed E-state index contributed by atoms with van der Waals surface area (Å²) in [5.74, 6) is -0.914. The molecule has 1 N–H and O–H groups in total. The van der Waals surface area contributed by atoms with Gasteiger partial charge in [-0.05, 0) is 73.9 Å². The molecule has 0 fully saturated rings. The second-order valence-corrected chi connectivity index (χ2v) is 13.2. The molecule has 1 unspecified atom stereocenters. The van der Waals surface area contributed by atoms with Crippen LogP contribution in [-0.4, -0.2) is 44.3 Å². The minimum absolute atomic E-state index is 0.0264. The molecule has 7 nitrogen and oxygen atoms in total. The van der Waals surface area contributed by atoms with Crippen LogP contribution < -0.4 is 9.62 Å². The van der Waals surface area contributed by atoms with Crippen LogP contribution in [0.4, 0.5) is 5.69 Å². The molecular formula is C34H35Cl2N3O4S. The van der Waals surface area contributed by atoms with Crippen molar-refractivity contribution in [3.63, 3.8) is 0 Å². The van der Waals surface area contributed by atoms with E-state index in [1.807, 2.05) is 50.2 Å². The smallest absolute Gasteiger partial charge is 0.264 e. The van der Waals surface area contributed by atoms with Crippen LogP contribution in [0.2, 0.25) is 10.0 Å². The van der Waals surface area contributed by atoms with Crippen LogP contribution in [0.5, 0.6) is 0 Å². The molecule has 0 aliphatic carbocycles. The molecule has 2 amide bonds. The van der Waals surface area contributed by atoms with Gasteiger partial charge >= 0.3 is 0 Å². The van der Waals surface area contributed by atoms with Crippen molar-refractivity contribution in [1.29, 1.82) is 0 Å². The first-order valence-electron chi connectivity index (χ1n) is 14.2. The summed E-state index contributed by atoms with van der Waals surface area (Å²) in [5.41, 5.74) is 3.43. The van der Waals surface area contributed by atoms with E-state index in [-0.39, 0.29) is 29.5 Å². The van der Waals surface area contributed by atoms with Gasteiger partial charge in [0.2, 0.25) is 11.8 Å². The zero-order chi connectivity index (χ0) is 31.9. The molecule has 0 heterocycles. The summed E-state index contributed by atoms with van der Waals surface area (Å²) in [6.07, 6.45) is 0.222. The Labute approximate surface area is 269 Å². The highest BCUT2D eigenvalue weighted by Crippen LogP contribution is 2.29. The number of benzene rings is 4. The summed E-state index contributed by atoms with van der Waals surface area (Å²) in [5, 5.41) is 3.69. The number of hydrogen-bond acceptors (Lipinski definition) is 4. The molecule has 0 aliphatic heterocycles. The topological polar surface area (TPSA) is 86.8 Å². The first-order chi connectivity index (χ1) is 21.0. The van der Waals surface area contributed by atoms with E-state index in [1.54, 1.807) is 49.4 Å². The third-order valence-corrected chi connectivity index (χ3v) is 9.63. The molecule has 0 radical (unpaired) electrons. The normalized spacial score (nSPS) is 11.9. The molecule has 0 saturated carbocycles. The van der Waals surface area contributed by atoms with Crippen LogP contribution in [-0.2, 0) is 32.6 Å². The molecule has 230 valence electrons. The van der Waals surface area contributed by atoms with Crippen molar-refractivity contribution in [2.24, 2.45) is 0 Å². The van der Waals surface area contributed by atoms with Crippen LogP contribution in [0.1, 0.15) is 29.2 Å². The minimum atomic E-state index is -4.22. The second kappa shape index (κ2) is 14.8. The van der Waals surface area contributed by atoms with Crippen molar-refractivity contribution in [3.05, 3.63) is 129 Å². The second-order valence-electron chi connectivity index (χ2n) is 10.5. The van der Waals surface area contributed by atoms with Gasteiger partial charge in [0.25, 0.3) is 10.0 Å². The Kier molecular flexibility index (Phi) is 11.1. The van der Waals surface area contributed by atoms with Crippen LogP contribution in [0.25, 0.3) is 0 Å². The van der Waals surface area contributed by atoms with E-state index in [0.29, 0.717) is 22.2 Å². The fourth-order valence-corrected chi connectivity index (χ4v) is 6.57. The predicted octanol–water partition coefficient (Wildman–Crippen LogP) is 6.58. The molecule has 10 heteroatoms. The number of carbonyl (C=O) groups excluding carboxylic acids is 2. The fourth-order valence-electron chi connectivity index (χ4n) is 4.78. The van der Waals surface area contributed by atoms with Gasteiger partial charge in [0.1, 0.15) is 12.6 Å². The number of hydrogen-bond donors (Lipinski definition) is 1. The van der Waals surface area contributed by atoms with Gasteiger partial charge < -0.3 is 10.2 Å². The Bertz CT molecular complexity index is 1710. The molecule has 0 spiro atoms. The highest BCUT2D eigenvalue weighted by Gasteiger charge is 2.34. The van der Waals surface area contributed by atoms with Crippen molar-refractivity contribution in [1.82, 2.24) is 10.2 Å². The van der Waals surface area contributed by atoms with E-state index in [1.165, 1.54) is 23.1 Å². The third-order valence-electron chi connectivity index (χ3n) is 7.20. The maximum Gasteiger partial charge on any atom is 0.264 e. The summed E-state index contributed by atoms with van der Waals surface area (Å²) in [7, 11) is -4.22. The van der Waals surface area contributed by atoms with Gasteiger partial charge in [0, 0.05) is 29.6 Å². The molecule has 0 saturated heterocycles. The summed E-state index contributed by atoms with van der Waals surface area (Å²) in [6, 6.07) is 26.7. The van der Waals surface area contributed by atoms with E-state index in [0.717, 1.165) is 21.0 Å². The average molecular weight is 653 g/mol. The van der Waals surface area contributed by atoms with Gasteiger partial charge in [0.05, 0.1) is 10.6 Å². The average Bonchev–Trinajstić information content (AvgIpc) is 3.00. The standard InChI is InChI=1S/C34H35Cl2N3O4S/c1-4-37-34(41)32(20-26-9-6-5-7-10-26)38(22-27-11-8-12-28(35)19-27)33(40)23-39(29-16-15-25(3)31(36)21-29)44(42,43)30-17-13-24(2)14-18-30/h5-19,21,32H,4,20,22-23H2,1-3H3,(H,37,41). The number of sulfonamides is 1. The maximum atomic E-state index is 14.4. The zero-order valence-electron chi connectivity index (χ0n) is 24.8. The van der Waals surface area contributed by atoms with E-state index in [4.69, 9.17) is 23.2 Å². The molecule has 1 atom stereocenters. The van der Waals surface area contributed by atoms with Crippen molar-refractivity contribution < 1.29 is 18.0 Å². The van der Waals surface area contributed by atoms with Crippen molar-refractivity contribution in [2.75, 3.05) is 17.4 Å². The van der Waals surface area contributed by atoms with E-state index < -0.39 is 28.5 Å². The lowest BCUT2D eigenvalue weighted by Crippen LogP contribution is -2.53. The third kappa shape index (κ3) is 8.20. The lowest BCUT2D eigenvalue weighted by atomic mass is 10.0. The Morgan fingerprint density at radius 1 is 0.841 bits per heavy atom. The number of nitrogens with one attached hydrogen (secondary N) is 1. The summed E-state index contributed by atoms with van der Waals surface area (Å²) in [4.78, 5) is 29.4. The quantitative estimate of drug-likeness (QED) is 0.187. The number of halogens is 2. The first-order valence-corrected chi connectivity index (χ1v) is 16.4. The van der Waals surface area contributed by atoms with Gasteiger partial charge in [-0.15, -0.1) is 0 Å².